The van der Waals surface area contributed by atoms with E-state index in [-0.39, 0.29) is 11.7 Å². The van der Waals surface area contributed by atoms with Gasteiger partial charge in [0.25, 0.3) is 5.91 Å². The Labute approximate surface area is 169 Å². The second-order valence-electron chi connectivity index (χ2n) is 7.42. The zero-order valence-corrected chi connectivity index (χ0v) is 16.2. The quantitative estimate of drug-likeness (QED) is 0.675. The first kappa shape index (κ1) is 19.3. The van der Waals surface area contributed by atoms with E-state index in [9.17, 15) is 9.18 Å². The molecule has 1 aromatic heterocycles. The zero-order valence-electron chi connectivity index (χ0n) is 16.2. The van der Waals surface area contributed by atoms with Gasteiger partial charge in [-0.25, -0.2) is 4.39 Å². The lowest BCUT2D eigenvalue weighted by Crippen LogP contribution is -2.29. The van der Waals surface area contributed by atoms with Crippen molar-refractivity contribution in [3.63, 3.8) is 0 Å². The summed E-state index contributed by atoms with van der Waals surface area (Å²) in [5, 5.41) is 6.80. The van der Waals surface area contributed by atoms with Gasteiger partial charge in [0.1, 0.15) is 23.3 Å². The highest BCUT2D eigenvalue weighted by molar-refractivity contribution is 5.99. The first-order valence-corrected chi connectivity index (χ1v) is 9.98. The van der Waals surface area contributed by atoms with E-state index in [0.29, 0.717) is 23.4 Å². The molecule has 0 unspecified atom stereocenters. The first-order chi connectivity index (χ1) is 14.2. The number of nitrogens with zero attached hydrogens (tertiary/aromatic N) is 2. The SMILES string of the molecule is O=C(NCc1ccc(CN2CCCCC2)cc1)c1conc1-c1ccc(F)cc1. The summed E-state index contributed by atoms with van der Waals surface area (Å²) in [5.74, 6) is -0.616. The van der Waals surface area contributed by atoms with Gasteiger partial charge in [-0.3, -0.25) is 9.69 Å². The van der Waals surface area contributed by atoms with Crippen molar-refractivity contribution >= 4 is 5.91 Å². The number of nitrogens with one attached hydrogen (secondary N) is 1. The van der Waals surface area contributed by atoms with Crippen LogP contribution in [0.2, 0.25) is 0 Å². The van der Waals surface area contributed by atoms with Crippen LogP contribution in [0.4, 0.5) is 4.39 Å². The van der Waals surface area contributed by atoms with Crippen molar-refractivity contribution < 1.29 is 13.7 Å². The van der Waals surface area contributed by atoms with Crippen molar-refractivity contribution in [2.24, 2.45) is 0 Å². The van der Waals surface area contributed by atoms with Crippen LogP contribution >= 0.6 is 0 Å². The fourth-order valence-electron chi connectivity index (χ4n) is 3.63. The number of amides is 1. The molecule has 0 bridgehead atoms. The summed E-state index contributed by atoms with van der Waals surface area (Å²) >= 11 is 0. The van der Waals surface area contributed by atoms with Crippen molar-refractivity contribution in [1.29, 1.82) is 0 Å². The molecule has 0 saturated carbocycles. The topological polar surface area (TPSA) is 58.4 Å². The maximum Gasteiger partial charge on any atom is 0.257 e. The molecule has 1 N–H and O–H groups in total. The number of likely N-dealkylation sites (tertiary alicyclic amines) is 1. The van der Waals surface area contributed by atoms with Crippen LogP contribution in [-0.4, -0.2) is 29.1 Å². The minimum absolute atomic E-state index is 0.275. The number of halogens is 1. The Bertz CT molecular complexity index is 945. The Kier molecular flexibility index (Phi) is 6.00. The van der Waals surface area contributed by atoms with Gasteiger partial charge in [0.2, 0.25) is 0 Å². The van der Waals surface area contributed by atoms with Gasteiger partial charge in [0, 0.05) is 18.7 Å². The molecule has 4 rings (SSSR count). The molecule has 6 heteroatoms. The third-order valence-corrected chi connectivity index (χ3v) is 5.26. The largest absolute Gasteiger partial charge is 0.363 e. The van der Waals surface area contributed by atoms with Crippen LogP contribution in [0.1, 0.15) is 40.7 Å². The Morgan fingerprint density at radius 1 is 1.00 bits per heavy atom. The summed E-state index contributed by atoms with van der Waals surface area (Å²) in [7, 11) is 0. The normalized spacial score (nSPS) is 14.7. The van der Waals surface area contributed by atoms with Crippen LogP contribution < -0.4 is 5.32 Å². The Morgan fingerprint density at radius 2 is 1.69 bits per heavy atom. The number of hydrogen-bond donors (Lipinski definition) is 1. The van der Waals surface area contributed by atoms with Crippen molar-refractivity contribution in [2.75, 3.05) is 13.1 Å². The molecule has 2 aromatic carbocycles. The third kappa shape index (κ3) is 4.90. The highest BCUT2D eigenvalue weighted by Gasteiger charge is 2.17. The maximum absolute atomic E-state index is 13.1. The molecule has 1 saturated heterocycles. The van der Waals surface area contributed by atoms with Gasteiger partial charge >= 0.3 is 0 Å². The summed E-state index contributed by atoms with van der Waals surface area (Å²) < 4.78 is 18.1. The second kappa shape index (κ2) is 9.01. The monoisotopic (exact) mass is 393 g/mol. The molecular weight excluding hydrogens is 369 g/mol. The number of piperidine rings is 1. The molecule has 1 aliphatic rings. The molecule has 150 valence electrons. The van der Waals surface area contributed by atoms with Gasteiger partial charge in [-0.1, -0.05) is 35.8 Å². The standard InChI is InChI=1S/C23H24FN3O2/c24-20-10-8-19(9-11-20)22-21(16-29-26-22)23(28)25-14-17-4-6-18(7-5-17)15-27-12-2-1-3-13-27/h4-11,16H,1-3,12-15H2,(H,25,28). The Morgan fingerprint density at radius 3 is 2.41 bits per heavy atom. The van der Waals surface area contributed by atoms with E-state index in [4.69, 9.17) is 4.52 Å². The first-order valence-electron chi connectivity index (χ1n) is 9.98. The minimum atomic E-state index is -0.341. The van der Waals surface area contributed by atoms with Crippen molar-refractivity contribution in [1.82, 2.24) is 15.4 Å². The molecule has 1 amide bonds. The fourth-order valence-corrected chi connectivity index (χ4v) is 3.63. The van der Waals surface area contributed by atoms with Gasteiger partial charge in [-0.05, 0) is 61.3 Å². The summed E-state index contributed by atoms with van der Waals surface area (Å²) in [6.45, 7) is 3.74. The van der Waals surface area contributed by atoms with E-state index in [2.05, 4.69) is 27.5 Å². The lowest BCUT2D eigenvalue weighted by molar-refractivity contribution is 0.0951. The second-order valence-corrected chi connectivity index (χ2v) is 7.42. The average Bonchev–Trinajstić information content (AvgIpc) is 3.24. The van der Waals surface area contributed by atoms with E-state index in [1.165, 1.54) is 56.3 Å². The third-order valence-electron chi connectivity index (χ3n) is 5.26. The molecule has 0 aliphatic carbocycles. The maximum atomic E-state index is 13.1. The zero-order chi connectivity index (χ0) is 20.1. The van der Waals surface area contributed by atoms with Crippen LogP contribution in [0.25, 0.3) is 11.3 Å². The molecule has 0 atom stereocenters. The predicted octanol–water partition coefficient (Wildman–Crippen LogP) is 4.40. The molecule has 0 spiro atoms. The number of hydrogen-bond acceptors (Lipinski definition) is 4. The summed E-state index contributed by atoms with van der Waals surface area (Å²) in [4.78, 5) is 15.1. The molecule has 3 aromatic rings. The van der Waals surface area contributed by atoms with Crippen LogP contribution in [-0.2, 0) is 13.1 Å². The van der Waals surface area contributed by atoms with Crippen LogP contribution in [0.5, 0.6) is 0 Å². The van der Waals surface area contributed by atoms with Gasteiger partial charge in [-0.2, -0.15) is 0 Å². The molecule has 1 fully saturated rings. The van der Waals surface area contributed by atoms with E-state index in [1.54, 1.807) is 12.1 Å². The molecule has 0 radical (unpaired) electrons. The Balaban J connectivity index is 1.35. The molecular formula is C23H24FN3O2. The predicted molar refractivity (Wildman–Crippen MR) is 109 cm³/mol. The van der Waals surface area contributed by atoms with Gasteiger partial charge in [0.05, 0.1) is 0 Å². The number of benzene rings is 2. The lowest BCUT2D eigenvalue weighted by atomic mass is 10.1. The number of rotatable bonds is 6. The number of aromatic nitrogens is 1. The summed E-state index contributed by atoms with van der Waals surface area (Å²) in [6.07, 6.45) is 5.22. The fraction of sp³-hybridized carbons (Fsp3) is 0.304. The van der Waals surface area contributed by atoms with Crippen molar-refractivity contribution in [3.8, 4) is 11.3 Å². The van der Waals surface area contributed by atoms with E-state index in [1.807, 2.05) is 12.1 Å². The number of carbonyl (C=O) groups excluding carboxylic acids is 1. The highest BCUT2D eigenvalue weighted by atomic mass is 19.1. The summed E-state index contributed by atoms with van der Waals surface area (Å²) in [6, 6.07) is 14.2. The molecule has 2 heterocycles. The van der Waals surface area contributed by atoms with Crippen molar-refractivity contribution in [2.45, 2.75) is 32.4 Å². The molecule has 29 heavy (non-hydrogen) atoms. The summed E-state index contributed by atoms with van der Waals surface area (Å²) in [5.41, 5.74) is 3.69. The minimum Gasteiger partial charge on any atom is -0.363 e. The van der Waals surface area contributed by atoms with E-state index >= 15 is 0 Å². The smallest absolute Gasteiger partial charge is 0.257 e. The van der Waals surface area contributed by atoms with E-state index < -0.39 is 0 Å². The van der Waals surface area contributed by atoms with Crippen LogP contribution in [0.3, 0.4) is 0 Å². The highest BCUT2D eigenvalue weighted by Crippen LogP contribution is 2.22. The van der Waals surface area contributed by atoms with E-state index in [0.717, 1.165) is 12.1 Å². The molecule has 1 aliphatic heterocycles. The van der Waals surface area contributed by atoms with Crippen LogP contribution in [0, 0.1) is 5.82 Å². The Hall–Kier alpha value is -2.99. The number of carbonyl (C=O) groups is 1. The van der Waals surface area contributed by atoms with Gasteiger partial charge < -0.3 is 9.84 Å². The van der Waals surface area contributed by atoms with Crippen molar-refractivity contribution in [3.05, 3.63) is 77.3 Å². The molecule has 5 nitrogen and oxygen atoms in total. The lowest BCUT2D eigenvalue weighted by Gasteiger charge is -2.26. The average molecular weight is 393 g/mol. The van der Waals surface area contributed by atoms with Gasteiger partial charge in [0.15, 0.2) is 0 Å². The van der Waals surface area contributed by atoms with Crippen LogP contribution in [0.15, 0.2) is 59.3 Å². The van der Waals surface area contributed by atoms with Gasteiger partial charge in [-0.15, -0.1) is 0 Å².